The van der Waals surface area contributed by atoms with Gasteiger partial charge >= 0.3 is 0 Å². The van der Waals surface area contributed by atoms with Gasteiger partial charge in [-0.15, -0.1) is 0 Å². The molecule has 2 aromatic carbocycles. The van der Waals surface area contributed by atoms with Gasteiger partial charge in [-0.25, -0.2) is 4.98 Å². The zero-order valence-corrected chi connectivity index (χ0v) is 12.6. The summed E-state index contributed by atoms with van der Waals surface area (Å²) in [6.45, 7) is 0.752. The number of benzene rings is 2. The largest absolute Gasteiger partial charge is 0.454 e. The number of thiazole rings is 1. The molecule has 0 fully saturated rings. The molecule has 0 saturated heterocycles. The number of ether oxygens (including phenoxy) is 2. The van der Waals surface area contributed by atoms with Crippen LogP contribution in [0.3, 0.4) is 0 Å². The maximum atomic E-state index is 5.91. The molecular formula is C16H15N3O2S. The van der Waals surface area contributed by atoms with Gasteiger partial charge in [0, 0.05) is 6.54 Å². The van der Waals surface area contributed by atoms with Gasteiger partial charge in [-0.2, -0.15) is 0 Å². The van der Waals surface area contributed by atoms with Gasteiger partial charge in [-0.1, -0.05) is 41.7 Å². The van der Waals surface area contributed by atoms with Gasteiger partial charge in [-0.05, 0) is 17.7 Å². The number of nitrogens with one attached hydrogen (secondary N) is 1. The van der Waals surface area contributed by atoms with E-state index in [1.54, 1.807) is 11.3 Å². The molecule has 0 aliphatic carbocycles. The van der Waals surface area contributed by atoms with Crippen LogP contribution in [0.1, 0.15) is 11.6 Å². The molecule has 1 atom stereocenters. The number of hydrogen-bond acceptors (Lipinski definition) is 6. The molecule has 0 bridgehead atoms. The minimum absolute atomic E-state index is 0.0342. The van der Waals surface area contributed by atoms with Crippen LogP contribution in [0.5, 0.6) is 11.5 Å². The van der Waals surface area contributed by atoms with Crippen molar-refractivity contribution in [1.82, 2.24) is 4.98 Å². The zero-order chi connectivity index (χ0) is 14.9. The second kappa shape index (κ2) is 5.47. The molecule has 0 radical (unpaired) electrons. The van der Waals surface area contributed by atoms with E-state index >= 15 is 0 Å². The van der Waals surface area contributed by atoms with Crippen LogP contribution in [0.15, 0.2) is 42.5 Å². The first-order chi connectivity index (χ1) is 10.8. The van der Waals surface area contributed by atoms with E-state index in [9.17, 15) is 0 Å². The number of aromatic nitrogens is 1. The van der Waals surface area contributed by atoms with Crippen molar-refractivity contribution in [2.45, 2.75) is 6.04 Å². The molecule has 3 N–H and O–H groups in total. The first-order valence-corrected chi connectivity index (χ1v) is 7.87. The average molecular weight is 313 g/mol. The monoisotopic (exact) mass is 313 g/mol. The Labute approximate surface area is 131 Å². The highest BCUT2D eigenvalue weighted by Crippen LogP contribution is 2.42. The molecule has 6 heteroatoms. The SMILES string of the molecule is NCC(Nc1nc2c3c(ccc2s1)OCO3)c1ccccc1. The Kier molecular flexibility index (Phi) is 3.32. The third-order valence-electron chi connectivity index (χ3n) is 3.63. The maximum absolute atomic E-state index is 5.91. The predicted octanol–water partition coefficient (Wildman–Crippen LogP) is 3.14. The van der Waals surface area contributed by atoms with Gasteiger partial charge < -0.3 is 20.5 Å². The third-order valence-corrected chi connectivity index (χ3v) is 4.58. The summed E-state index contributed by atoms with van der Waals surface area (Å²) >= 11 is 1.59. The van der Waals surface area contributed by atoms with Crippen LogP contribution in [-0.4, -0.2) is 18.3 Å². The molecule has 3 aromatic rings. The van der Waals surface area contributed by atoms with Crippen molar-refractivity contribution in [2.24, 2.45) is 5.73 Å². The minimum Gasteiger partial charge on any atom is -0.454 e. The highest BCUT2D eigenvalue weighted by Gasteiger charge is 2.20. The second-order valence-electron chi connectivity index (χ2n) is 5.01. The summed E-state index contributed by atoms with van der Waals surface area (Å²) in [6, 6.07) is 14.1. The Hall–Kier alpha value is -2.31. The average Bonchev–Trinajstić information content (AvgIpc) is 3.18. The summed E-state index contributed by atoms with van der Waals surface area (Å²) in [7, 11) is 0. The van der Waals surface area contributed by atoms with Gasteiger partial charge in [0.05, 0.1) is 10.7 Å². The number of hydrogen-bond donors (Lipinski definition) is 2. The Morgan fingerprint density at radius 3 is 2.86 bits per heavy atom. The van der Waals surface area contributed by atoms with E-state index in [-0.39, 0.29) is 12.8 Å². The minimum atomic E-state index is 0.0342. The van der Waals surface area contributed by atoms with Crippen molar-refractivity contribution < 1.29 is 9.47 Å². The first kappa shape index (κ1) is 13.4. The summed E-state index contributed by atoms with van der Waals surface area (Å²) in [5.74, 6) is 1.48. The Bertz CT molecular complexity index is 804. The van der Waals surface area contributed by atoms with Gasteiger partial charge in [0.15, 0.2) is 16.6 Å². The van der Waals surface area contributed by atoms with Crippen LogP contribution >= 0.6 is 11.3 Å². The van der Waals surface area contributed by atoms with Crippen LogP contribution < -0.4 is 20.5 Å². The van der Waals surface area contributed by atoms with Crippen LogP contribution in [0, 0.1) is 0 Å². The number of nitrogens with two attached hydrogens (primary N) is 1. The van der Waals surface area contributed by atoms with E-state index in [4.69, 9.17) is 15.2 Å². The van der Waals surface area contributed by atoms with Gasteiger partial charge in [-0.3, -0.25) is 0 Å². The molecule has 4 rings (SSSR count). The van der Waals surface area contributed by atoms with E-state index < -0.39 is 0 Å². The third kappa shape index (κ3) is 2.26. The zero-order valence-electron chi connectivity index (χ0n) is 11.8. The summed E-state index contributed by atoms with van der Waals surface area (Å²) in [6.07, 6.45) is 0. The molecule has 1 unspecified atom stereocenters. The number of nitrogens with zero attached hydrogens (tertiary/aromatic N) is 1. The standard InChI is InChI=1S/C16H15N3O2S/c17-8-11(10-4-2-1-3-5-10)18-16-19-14-13(22-16)7-6-12-15(14)21-9-20-12/h1-7,11H,8-9,17H2,(H,18,19). The lowest BCUT2D eigenvalue weighted by Gasteiger charge is -2.16. The van der Waals surface area contributed by atoms with Crippen LogP contribution in [-0.2, 0) is 0 Å². The van der Waals surface area contributed by atoms with Crippen molar-refractivity contribution in [3.8, 4) is 11.5 Å². The predicted molar refractivity (Wildman–Crippen MR) is 87.6 cm³/mol. The van der Waals surface area contributed by atoms with E-state index in [1.807, 2.05) is 30.3 Å². The van der Waals surface area contributed by atoms with Crippen molar-refractivity contribution in [3.05, 3.63) is 48.0 Å². The van der Waals surface area contributed by atoms with E-state index in [0.29, 0.717) is 6.54 Å². The van der Waals surface area contributed by atoms with E-state index in [1.165, 1.54) is 0 Å². The van der Waals surface area contributed by atoms with Crippen LogP contribution in [0.25, 0.3) is 10.2 Å². The van der Waals surface area contributed by atoms with Crippen LogP contribution in [0.4, 0.5) is 5.13 Å². The Balaban J connectivity index is 1.67. The number of fused-ring (bicyclic) bond motifs is 3. The van der Waals surface area contributed by atoms with Crippen molar-refractivity contribution in [3.63, 3.8) is 0 Å². The fourth-order valence-electron chi connectivity index (χ4n) is 2.53. The molecule has 0 saturated carbocycles. The Morgan fingerprint density at radius 1 is 1.18 bits per heavy atom. The van der Waals surface area contributed by atoms with E-state index in [0.717, 1.165) is 32.4 Å². The molecule has 0 spiro atoms. The highest BCUT2D eigenvalue weighted by molar-refractivity contribution is 7.22. The van der Waals surface area contributed by atoms with Crippen molar-refractivity contribution in [2.75, 3.05) is 18.7 Å². The summed E-state index contributed by atoms with van der Waals surface area (Å²) in [5.41, 5.74) is 7.89. The fraction of sp³-hybridized carbons (Fsp3) is 0.188. The normalized spacial score (nSPS) is 14.2. The van der Waals surface area contributed by atoms with Gasteiger partial charge in [0.1, 0.15) is 5.52 Å². The molecule has 0 amide bonds. The second-order valence-corrected chi connectivity index (χ2v) is 6.04. The van der Waals surface area contributed by atoms with E-state index in [2.05, 4.69) is 22.4 Å². The molecule has 1 aromatic heterocycles. The lowest BCUT2D eigenvalue weighted by Crippen LogP contribution is -2.20. The number of anilines is 1. The van der Waals surface area contributed by atoms with Crippen molar-refractivity contribution >= 4 is 26.7 Å². The van der Waals surface area contributed by atoms with Crippen molar-refractivity contribution in [1.29, 1.82) is 0 Å². The lowest BCUT2D eigenvalue weighted by atomic mass is 10.1. The molecule has 22 heavy (non-hydrogen) atoms. The fourth-order valence-corrected chi connectivity index (χ4v) is 3.45. The lowest BCUT2D eigenvalue weighted by molar-refractivity contribution is 0.174. The smallest absolute Gasteiger partial charge is 0.231 e. The summed E-state index contributed by atoms with van der Waals surface area (Å²) in [5, 5.41) is 4.24. The summed E-state index contributed by atoms with van der Waals surface area (Å²) in [4.78, 5) is 4.64. The summed E-state index contributed by atoms with van der Waals surface area (Å²) < 4.78 is 12.0. The maximum Gasteiger partial charge on any atom is 0.231 e. The van der Waals surface area contributed by atoms with Gasteiger partial charge in [0.2, 0.25) is 6.79 Å². The molecule has 1 aliphatic rings. The highest BCUT2D eigenvalue weighted by atomic mass is 32.1. The molecule has 2 heterocycles. The molecular weight excluding hydrogens is 298 g/mol. The molecule has 1 aliphatic heterocycles. The van der Waals surface area contributed by atoms with Gasteiger partial charge in [0.25, 0.3) is 0 Å². The molecule has 112 valence electrons. The Morgan fingerprint density at radius 2 is 2.05 bits per heavy atom. The number of rotatable bonds is 4. The quantitative estimate of drug-likeness (QED) is 0.774. The first-order valence-electron chi connectivity index (χ1n) is 7.06. The van der Waals surface area contributed by atoms with Crippen LogP contribution in [0.2, 0.25) is 0 Å². The molecule has 5 nitrogen and oxygen atoms in total. The topological polar surface area (TPSA) is 69.4 Å².